The average Bonchev–Trinajstić information content (AvgIpc) is 2.78. The number of carboxylic acid groups (broad SMARTS) is 1. The molecule has 2 aliphatic rings. The molecule has 102 valence electrons. The minimum Gasteiger partial charge on any atom is -0.480 e. The first-order valence-corrected chi connectivity index (χ1v) is 6.13. The lowest BCUT2D eigenvalue weighted by Crippen LogP contribution is -2.65. The molecule has 2 N–H and O–H groups in total. The lowest BCUT2D eigenvalue weighted by Gasteiger charge is -2.47. The van der Waals surface area contributed by atoms with E-state index in [-0.39, 0.29) is 24.1 Å². The molecule has 1 unspecified atom stereocenters. The standard InChI is InChI=1S/C12H20N2O4/c1-11(2)4-8(11)13-10(17)14-6-12(3,7-14)18-5-9(15)16/h8H,4-7H2,1-3H3,(H,13,17)(H,15,16). The predicted molar refractivity (Wildman–Crippen MR) is 64.3 cm³/mol. The fourth-order valence-corrected chi connectivity index (χ4v) is 2.19. The normalized spacial score (nSPS) is 27.3. The number of likely N-dealkylation sites (tertiary alicyclic amines) is 1. The molecule has 1 aliphatic heterocycles. The highest BCUT2D eigenvalue weighted by atomic mass is 16.5. The summed E-state index contributed by atoms with van der Waals surface area (Å²) in [7, 11) is 0. The number of hydrogen-bond acceptors (Lipinski definition) is 3. The predicted octanol–water partition coefficient (Wildman–Crippen LogP) is 0.670. The maximum atomic E-state index is 11.8. The van der Waals surface area contributed by atoms with Crippen molar-refractivity contribution in [3.05, 3.63) is 0 Å². The van der Waals surface area contributed by atoms with E-state index < -0.39 is 11.6 Å². The Balaban J connectivity index is 1.71. The lowest BCUT2D eigenvalue weighted by molar-refractivity contribution is -0.159. The van der Waals surface area contributed by atoms with Gasteiger partial charge in [0.2, 0.25) is 0 Å². The summed E-state index contributed by atoms with van der Waals surface area (Å²) in [6.07, 6.45) is 1.01. The fourth-order valence-electron chi connectivity index (χ4n) is 2.19. The second-order valence-corrected chi connectivity index (χ2v) is 6.18. The number of carbonyl (C=O) groups is 2. The molecule has 0 radical (unpaired) electrons. The van der Waals surface area contributed by atoms with Gasteiger partial charge in [-0.05, 0) is 18.8 Å². The van der Waals surface area contributed by atoms with Gasteiger partial charge >= 0.3 is 12.0 Å². The number of carbonyl (C=O) groups excluding carboxylic acids is 1. The van der Waals surface area contributed by atoms with Gasteiger partial charge in [0.25, 0.3) is 0 Å². The second kappa shape index (κ2) is 4.12. The molecule has 1 aliphatic carbocycles. The summed E-state index contributed by atoms with van der Waals surface area (Å²) < 4.78 is 5.25. The lowest BCUT2D eigenvalue weighted by atomic mass is 9.97. The summed E-state index contributed by atoms with van der Waals surface area (Å²) in [5.41, 5.74) is -0.307. The van der Waals surface area contributed by atoms with E-state index in [1.54, 1.807) is 4.90 Å². The van der Waals surface area contributed by atoms with Crippen LogP contribution in [0.3, 0.4) is 0 Å². The minimum atomic E-state index is -0.987. The van der Waals surface area contributed by atoms with Crippen LogP contribution in [0.4, 0.5) is 4.79 Å². The minimum absolute atomic E-state index is 0.0815. The van der Waals surface area contributed by atoms with Crippen molar-refractivity contribution < 1.29 is 19.4 Å². The first kappa shape index (κ1) is 13.1. The SMILES string of the molecule is CC1(OCC(=O)O)CN(C(=O)NC2CC2(C)C)C1. The highest BCUT2D eigenvalue weighted by Gasteiger charge is 2.49. The van der Waals surface area contributed by atoms with Crippen LogP contribution in [0, 0.1) is 5.41 Å². The Morgan fingerprint density at radius 3 is 2.39 bits per heavy atom. The van der Waals surface area contributed by atoms with E-state index in [1.807, 2.05) is 6.92 Å². The van der Waals surface area contributed by atoms with E-state index in [2.05, 4.69) is 19.2 Å². The zero-order valence-electron chi connectivity index (χ0n) is 11.0. The van der Waals surface area contributed by atoms with Gasteiger partial charge in [-0.2, -0.15) is 0 Å². The topological polar surface area (TPSA) is 78.9 Å². The first-order chi connectivity index (χ1) is 8.22. The summed E-state index contributed by atoms with van der Waals surface area (Å²) >= 11 is 0. The summed E-state index contributed by atoms with van der Waals surface area (Å²) in [6, 6.07) is 0.179. The highest BCUT2D eigenvalue weighted by molar-refractivity contribution is 5.76. The molecule has 1 heterocycles. The zero-order valence-corrected chi connectivity index (χ0v) is 11.0. The Morgan fingerprint density at radius 1 is 1.39 bits per heavy atom. The molecule has 1 saturated heterocycles. The Bertz CT molecular complexity index is 374. The molecule has 0 bridgehead atoms. The van der Waals surface area contributed by atoms with Gasteiger partial charge in [-0.1, -0.05) is 13.8 Å². The van der Waals surface area contributed by atoms with Gasteiger partial charge in [0.05, 0.1) is 13.1 Å². The quantitative estimate of drug-likeness (QED) is 0.775. The summed E-state index contributed by atoms with van der Waals surface area (Å²) in [6.45, 7) is 6.63. The van der Waals surface area contributed by atoms with Crippen molar-refractivity contribution in [3.63, 3.8) is 0 Å². The number of carboxylic acids is 1. The first-order valence-electron chi connectivity index (χ1n) is 6.13. The van der Waals surface area contributed by atoms with Crippen molar-refractivity contribution in [1.29, 1.82) is 0 Å². The van der Waals surface area contributed by atoms with Gasteiger partial charge in [0.1, 0.15) is 12.2 Å². The number of ether oxygens (including phenoxy) is 1. The fraction of sp³-hybridized carbons (Fsp3) is 0.833. The van der Waals surface area contributed by atoms with Gasteiger partial charge < -0.3 is 20.1 Å². The number of hydrogen-bond donors (Lipinski definition) is 2. The van der Waals surface area contributed by atoms with Crippen molar-refractivity contribution in [3.8, 4) is 0 Å². The Hall–Kier alpha value is -1.30. The third kappa shape index (κ3) is 2.75. The Kier molecular flexibility index (Phi) is 3.01. The molecule has 0 aromatic heterocycles. The molecule has 2 fully saturated rings. The summed E-state index contributed by atoms with van der Waals surface area (Å²) in [4.78, 5) is 23.9. The van der Waals surface area contributed by atoms with E-state index in [9.17, 15) is 9.59 Å². The van der Waals surface area contributed by atoms with E-state index in [4.69, 9.17) is 9.84 Å². The van der Waals surface area contributed by atoms with Crippen LogP contribution in [0.2, 0.25) is 0 Å². The van der Waals surface area contributed by atoms with Gasteiger partial charge in [0, 0.05) is 6.04 Å². The Labute approximate surface area is 106 Å². The number of aliphatic carboxylic acids is 1. The molecular formula is C12H20N2O4. The van der Waals surface area contributed by atoms with Crippen LogP contribution >= 0.6 is 0 Å². The number of urea groups is 1. The van der Waals surface area contributed by atoms with Crippen LogP contribution < -0.4 is 5.32 Å². The van der Waals surface area contributed by atoms with Crippen LogP contribution in [0.5, 0.6) is 0 Å². The van der Waals surface area contributed by atoms with E-state index in [1.165, 1.54) is 0 Å². The average molecular weight is 256 g/mol. The van der Waals surface area contributed by atoms with Crippen LogP contribution in [-0.4, -0.2) is 53.3 Å². The summed E-state index contributed by atoms with van der Waals surface area (Å²) in [5.74, 6) is -0.987. The van der Waals surface area contributed by atoms with Crippen LogP contribution in [0.1, 0.15) is 27.2 Å². The van der Waals surface area contributed by atoms with E-state index >= 15 is 0 Å². The van der Waals surface area contributed by atoms with Crippen molar-refractivity contribution in [2.75, 3.05) is 19.7 Å². The zero-order chi connectivity index (χ0) is 13.6. The number of nitrogens with one attached hydrogen (secondary N) is 1. The van der Waals surface area contributed by atoms with E-state index in [0.29, 0.717) is 13.1 Å². The second-order valence-electron chi connectivity index (χ2n) is 6.18. The molecule has 2 rings (SSSR count). The van der Waals surface area contributed by atoms with Gasteiger partial charge in [0.15, 0.2) is 0 Å². The largest absolute Gasteiger partial charge is 0.480 e. The number of nitrogens with zero attached hydrogens (tertiary/aromatic N) is 1. The molecular weight excluding hydrogens is 236 g/mol. The molecule has 18 heavy (non-hydrogen) atoms. The molecule has 0 aromatic rings. The smallest absolute Gasteiger partial charge is 0.329 e. The van der Waals surface area contributed by atoms with Crippen molar-refractivity contribution in [1.82, 2.24) is 10.2 Å². The molecule has 0 spiro atoms. The van der Waals surface area contributed by atoms with Crippen LogP contribution in [0.25, 0.3) is 0 Å². The van der Waals surface area contributed by atoms with Crippen molar-refractivity contribution >= 4 is 12.0 Å². The molecule has 0 aromatic carbocycles. The van der Waals surface area contributed by atoms with Gasteiger partial charge in [-0.25, -0.2) is 9.59 Å². The molecule has 6 heteroatoms. The molecule has 6 nitrogen and oxygen atoms in total. The maximum Gasteiger partial charge on any atom is 0.329 e. The molecule has 1 saturated carbocycles. The number of amides is 2. The van der Waals surface area contributed by atoms with E-state index in [0.717, 1.165) is 6.42 Å². The molecule has 2 amide bonds. The highest BCUT2D eigenvalue weighted by Crippen LogP contribution is 2.44. The Morgan fingerprint density at radius 2 is 1.94 bits per heavy atom. The molecule has 1 atom stereocenters. The van der Waals surface area contributed by atoms with Gasteiger partial charge in [-0.3, -0.25) is 0 Å². The third-order valence-corrected chi connectivity index (χ3v) is 3.69. The summed E-state index contributed by atoms with van der Waals surface area (Å²) in [5, 5.41) is 11.5. The number of rotatable bonds is 4. The third-order valence-electron chi connectivity index (χ3n) is 3.69. The maximum absolute atomic E-state index is 11.8. The van der Waals surface area contributed by atoms with Crippen molar-refractivity contribution in [2.24, 2.45) is 5.41 Å². The van der Waals surface area contributed by atoms with Crippen LogP contribution in [-0.2, 0) is 9.53 Å². The monoisotopic (exact) mass is 256 g/mol. The van der Waals surface area contributed by atoms with Gasteiger partial charge in [-0.15, -0.1) is 0 Å². The van der Waals surface area contributed by atoms with Crippen LogP contribution in [0.15, 0.2) is 0 Å². The van der Waals surface area contributed by atoms with Crippen molar-refractivity contribution in [2.45, 2.75) is 38.8 Å².